The van der Waals surface area contributed by atoms with Gasteiger partial charge in [-0.2, -0.15) is 5.26 Å². The Hall–Kier alpha value is -2.06. The molecule has 1 aromatic carbocycles. The van der Waals surface area contributed by atoms with Gasteiger partial charge in [0.05, 0.1) is 17.3 Å². The maximum absolute atomic E-state index is 12.5. The number of benzene rings is 1. The fourth-order valence-electron chi connectivity index (χ4n) is 2.16. The summed E-state index contributed by atoms with van der Waals surface area (Å²) in [6.07, 6.45) is 0. The van der Waals surface area contributed by atoms with Gasteiger partial charge in [0.1, 0.15) is 5.75 Å². The minimum Gasteiger partial charge on any atom is -0.476 e. The first-order valence-corrected chi connectivity index (χ1v) is 6.55. The molecule has 0 fully saturated rings. The third-order valence-corrected chi connectivity index (χ3v) is 3.28. The lowest BCUT2D eigenvalue weighted by atomic mass is 10.0. The lowest BCUT2D eigenvalue weighted by molar-refractivity contribution is -0.132. The number of anilines is 1. The number of amides is 1. The average Bonchev–Trinajstić information content (AvgIpc) is 2.38. The summed E-state index contributed by atoms with van der Waals surface area (Å²) in [5.74, 6) is 0.531. The SMILES string of the molecule is CN(C)CCN1C(=O)C(C)(C)Oc2cc(C#N)ccc21. The number of carbonyl (C=O) groups excluding carboxylic acids is 1. The first-order chi connectivity index (χ1) is 9.35. The average molecular weight is 273 g/mol. The molecule has 106 valence electrons. The van der Waals surface area contributed by atoms with Crippen LogP contribution in [0.15, 0.2) is 18.2 Å². The van der Waals surface area contributed by atoms with Crippen LogP contribution in [0.4, 0.5) is 5.69 Å². The Balaban J connectivity index is 2.41. The predicted molar refractivity (Wildman–Crippen MR) is 76.8 cm³/mol. The molecule has 0 bridgehead atoms. The number of hydrogen-bond acceptors (Lipinski definition) is 4. The third-order valence-electron chi connectivity index (χ3n) is 3.28. The second kappa shape index (κ2) is 5.14. The molecule has 0 radical (unpaired) electrons. The fourth-order valence-corrected chi connectivity index (χ4v) is 2.16. The van der Waals surface area contributed by atoms with Crippen molar-refractivity contribution in [3.05, 3.63) is 23.8 Å². The summed E-state index contributed by atoms with van der Waals surface area (Å²) >= 11 is 0. The van der Waals surface area contributed by atoms with E-state index >= 15 is 0 Å². The highest BCUT2D eigenvalue weighted by Gasteiger charge is 2.40. The van der Waals surface area contributed by atoms with Crippen molar-refractivity contribution in [3.8, 4) is 11.8 Å². The van der Waals surface area contributed by atoms with E-state index in [1.165, 1.54) is 0 Å². The number of nitrogens with zero attached hydrogens (tertiary/aromatic N) is 3. The smallest absolute Gasteiger partial charge is 0.270 e. The molecule has 0 aliphatic carbocycles. The Morgan fingerprint density at radius 2 is 2.10 bits per heavy atom. The van der Waals surface area contributed by atoms with Crippen LogP contribution >= 0.6 is 0 Å². The van der Waals surface area contributed by atoms with Crippen LogP contribution in [0.25, 0.3) is 0 Å². The molecule has 1 heterocycles. The highest BCUT2D eigenvalue weighted by molar-refractivity contribution is 6.02. The molecular weight excluding hydrogens is 254 g/mol. The minimum atomic E-state index is -0.909. The molecule has 20 heavy (non-hydrogen) atoms. The van der Waals surface area contributed by atoms with Crippen LogP contribution in [0.5, 0.6) is 5.75 Å². The lowest BCUT2D eigenvalue weighted by Crippen LogP contribution is -2.53. The van der Waals surface area contributed by atoms with E-state index in [-0.39, 0.29) is 5.91 Å². The summed E-state index contributed by atoms with van der Waals surface area (Å²) < 4.78 is 5.76. The van der Waals surface area contributed by atoms with E-state index in [1.54, 1.807) is 36.9 Å². The molecule has 0 N–H and O–H groups in total. The summed E-state index contributed by atoms with van der Waals surface area (Å²) in [5.41, 5.74) is 0.351. The molecule has 1 amide bonds. The largest absolute Gasteiger partial charge is 0.476 e. The molecule has 0 atom stereocenters. The molecule has 1 aliphatic heterocycles. The first kappa shape index (κ1) is 14.4. The van der Waals surface area contributed by atoms with E-state index < -0.39 is 5.60 Å². The zero-order valence-electron chi connectivity index (χ0n) is 12.3. The van der Waals surface area contributed by atoms with Crippen molar-refractivity contribution in [1.82, 2.24) is 4.90 Å². The molecule has 1 aliphatic rings. The number of nitriles is 1. The van der Waals surface area contributed by atoms with Gasteiger partial charge in [-0.25, -0.2) is 0 Å². The Morgan fingerprint density at radius 3 is 2.70 bits per heavy atom. The fraction of sp³-hybridized carbons (Fsp3) is 0.467. The molecule has 0 saturated heterocycles. The van der Waals surface area contributed by atoms with Gasteiger partial charge in [-0.3, -0.25) is 4.79 Å². The van der Waals surface area contributed by atoms with Crippen LogP contribution in [0.1, 0.15) is 19.4 Å². The van der Waals surface area contributed by atoms with Crippen LogP contribution in [-0.4, -0.2) is 43.6 Å². The van der Waals surface area contributed by atoms with Crippen molar-refractivity contribution >= 4 is 11.6 Å². The van der Waals surface area contributed by atoms with Gasteiger partial charge in [0, 0.05) is 19.2 Å². The molecular formula is C15H19N3O2. The Kier molecular flexibility index (Phi) is 3.69. The van der Waals surface area contributed by atoms with Crippen LogP contribution in [0.3, 0.4) is 0 Å². The zero-order chi connectivity index (χ0) is 14.9. The monoisotopic (exact) mass is 273 g/mol. The van der Waals surface area contributed by atoms with Crippen molar-refractivity contribution < 1.29 is 9.53 Å². The van der Waals surface area contributed by atoms with Gasteiger partial charge in [0.25, 0.3) is 5.91 Å². The topological polar surface area (TPSA) is 56.6 Å². The van der Waals surface area contributed by atoms with Crippen LogP contribution in [0.2, 0.25) is 0 Å². The molecule has 0 aromatic heterocycles. The first-order valence-electron chi connectivity index (χ1n) is 6.55. The van der Waals surface area contributed by atoms with Gasteiger partial charge in [-0.05, 0) is 40.1 Å². The minimum absolute atomic E-state index is 0.0587. The van der Waals surface area contributed by atoms with Gasteiger partial charge in [-0.15, -0.1) is 0 Å². The number of hydrogen-bond donors (Lipinski definition) is 0. The summed E-state index contributed by atoms with van der Waals surface area (Å²) in [7, 11) is 3.94. The number of ether oxygens (including phenoxy) is 1. The Morgan fingerprint density at radius 1 is 1.40 bits per heavy atom. The normalized spacial score (nSPS) is 16.6. The second-order valence-electron chi connectivity index (χ2n) is 5.67. The molecule has 2 rings (SSSR count). The Labute approximate surface area is 119 Å². The van der Waals surface area contributed by atoms with Gasteiger partial charge < -0.3 is 14.5 Å². The summed E-state index contributed by atoms with van der Waals surface area (Å²) in [5, 5.41) is 8.97. The quantitative estimate of drug-likeness (QED) is 0.840. The molecule has 5 heteroatoms. The summed E-state index contributed by atoms with van der Waals surface area (Å²) in [4.78, 5) is 16.3. The van der Waals surface area contributed by atoms with Gasteiger partial charge >= 0.3 is 0 Å². The number of carbonyl (C=O) groups is 1. The predicted octanol–water partition coefficient (Wildman–Crippen LogP) is 1.62. The van der Waals surface area contributed by atoms with E-state index in [2.05, 4.69) is 6.07 Å². The number of likely N-dealkylation sites (N-methyl/N-ethyl adjacent to an activating group) is 1. The Bertz CT molecular complexity index is 573. The summed E-state index contributed by atoms with van der Waals surface area (Å²) in [6.45, 7) is 4.86. The maximum Gasteiger partial charge on any atom is 0.270 e. The molecule has 0 saturated carbocycles. The van der Waals surface area contributed by atoms with Gasteiger partial charge in [0.2, 0.25) is 0 Å². The molecule has 5 nitrogen and oxygen atoms in total. The van der Waals surface area contributed by atoms with Gasteiger partial charge in [-0.1, -0.05) is 0 Å². The molecule has 0 spiro atoms. The van der Waals surface area contributed by atoms with E-state index in [4.69, 9.17) is 10.00 Å². The van der Waals surface area contributed by atoms with Crippen molar-refractivity contribution in [3.63, 3.8) is 0 Å². The van der Waals surface area contributed by atoms with E-state index in [1.807, 2.05) is 19.0 Å². The van der Waals surface area contributed by atoms with Crippen LogP contribution < -0.4 is 9.64 Å². The van der Waals surface area contributed by atoms with Crippen molar-refractivity contribution in [2.75, 3.05) is 32.1 Å². The number of rotatable bonds is 3. The lowest BCUT2D eigenvalue weighted by Gasteiger charge is -2.39. The van der Waals surface area contributed by atoms with E-state index in [0.717, 1.165) is 12.2 Å². The highest BCUT2D eigenvalue weighted by atomic mass is 16.5. The van der Waals surface area contributed by atoms with Crippen molar-refractivity contribution in [2.45, 2.75) is 19.4 Å². The molecule has 0 unspecified atom stereocenters. The van der Waals surface area contributed by atoms with Crippen LogP contribution in [-0.2, 0) is 4.79 Å². The van der Waals surface area contributed by atoms with Crippen molar-refractivity contribution in [1.29, 1.82) is 5.26 Å². The maximum atomic E-state index is 12.5. The summed E-state index contributed by atoms with van der Waals surface area (Å²) in [6, 6.07) is 7.26. The van der Waals surface area contributed by atoms with Crippen LogP contribution in [0, 0.1) is 11.3 Å². The van der Waals surface area contributed by atoms with E-state index in [0.29, 0.717) is 17.9 Å². The second-order valence-corrected chi connectivity index (χ2v) is 5.67. The molecule has 1 aromatic rings. The zero-order valence-corrected chi connectivity index (χ0v) is 12.3. The van der Waals surface area contributed by atoms with Crippen molar-refractivity contribution in [2.24, 2.45) is 0 Å². The third kappa shape index (κ3) is 2.61. The van der Waals surface area contributed by atoms with E-state index in [9.17, 15) is 4.79 Å². The number of fused-ring (bicyclic) bond motifs is 1. The van der Waals surface area contributed by atoms with Gasteiger partial charge in [0.15, 0.2) is 5.60 Å². The standard InChI is InChI=1S/C15H19N3O2/c1-15(2)14(19)18(8-7-17(3)4)12-6-5-11(10-16)9-13(12)20-15/h5-6,9H,7-8H2,1-4H3. The highest BCUT2D eigenvalue weighted by Crippen LogP contribution is 2.38.